The highest BCUT2D eigenvalue weighted by molar-refractivity contribution is 6.02. The summed E-state index contributed by atoms with van der Waals surface area (Å²) in [7, 11) is 0. The lowest BCUT2D eigenvalue weighted by Crippen LogP contribution is -2.27. The van der Waals surface area contributed by atoms with E-state index < -0.39 is 12.1 Å². The number of ketones is 1. The highest BCUT2D eigenvalue weighted by Gasteiger charge is 2.26. The van der Waals surface area contributed by atoms with Gasteiger partial charge in [-0.15, -0.1) is 0 Å². The number of benzene rings is 1. The monoisotopic (exact) mass is 355 g/mol. The van der Waals surface area contributed by atoms with Crippen LogP contribution in [0.15, 0.2) is 48.4 Å². The molecule has 2 heterocycles. The molecule has 0 radical (unpaired) electrons. The minimum absolute atomic E-state index is 0.0225. The number of Topliss-reactive ketones (excluding diaryl/α,β-unsaturated/α-hetero) is 1. The molecule has 2 aromatic rings. The Hall–Kier alpha value is -3.02. The van der Waals surface area contributed by atoms with Gasteiger partial charge in [0.2, 0.25) is 11.5 Å². The quantitative estimate of drug-likeness (QED) is 0.609. The Morgan fingerprint density at radius 3 is 2.54 bits per heavy atom. The van der Waals surface area contributed by atoms with Gasteiger partial charge >= 0.3 is 5.97 Å². The van der Waals surface area contributed by atoms with E-state index in [1.54, 1.807) is 6.92 Å². The third-order valence-electron chi connectivity index (χ3n) is 4.21. The van der Waals surface area contributed by atoms with Crippen molar-refractivity contribution in [3.63, 3.8) is 0 Å². The number of carbonyl (C=O) groups is 2. The third kappa shape index (κ3) is 3.49. The van der Waals surface area contributed by atoms with Gasteiger partial charge in [-0.1, -0.05) is 18.2 Å². The van der Waals surface area contributed by atoms with Crippen molar-refractivity contribution in [1.82, 2.24) is 4.57 Å². The predicted octanol–water partition coefficient (Wildman–Crippen LogP) is 3.10. The van der Waals surface area contributed by atoms with E-state index in [-0.39, 0.29) is 18.1 Å². The van der Waals surface area contributed by atoms with E-state index in [2.05, 4.69) is 0 Å². The Morgan fingerprint density at radius 1 is 1.15 bits per heavy atom. The molecule has 0 N–H and O–H groups in total. The summed E-state index contributed by atoms with van der Waals surface area (Å²) in [6, 6.07) is 11.6. The standard InChI is InChI=1S/C20H21NO5/c1-13-11-17(14(2)21(13)16-7-5-4-6-8-16)19(22)15(3)26-20(23)18-12-24-9-10-25-18/h4-8,11-12,15H,9-10H2,1-3H3/t15-/m0/s1. The fraction of sp³-hybridized carbons (Fsp3) is 0.300. The molecule has 0 bridgehead atoms. The number of hydrogen-bond donors (Lipinski definition) is 0. The average molecular weight is 355 g/mol. The lowest BCUT2D eigenvalue weighted by atomic mass is 10.1. The fourth-order valence-electron chi connectivity index (χ4n) is 2.95. The Bertz CT molecular complexity index is 851. The molecule has 0 saturated heterocycles. The summed E-state index contributed by atoms with van der Waals surface area (Å²) in [6.07, 6.45) is 0.281. The van der Waals surface area contributed by atoms with Gasteiger partial charge in [-0.3, -0.25) is 4.79 Å². The maximum atomic E-state index is 12.8. The van der Waals surface area contributed by atoms with E-state index in [0.29, 0.717) is 12.2 Å². The molecule has 0 spiro atoms. The number of esters is 1. The first-order valence-corrected chi connectivity index (χ1v) is 8.43. The normalized spacial score (nSPS) is 14.7. The molecule has 26 heavy (non-hydrogen) atoms. The topological polar surface area (TPSA) is 66.8 Å². The highest BCUT2D eigenvalue weighted by Crippen LogP contribution is 2.22. The van der Waals surface area contributed by atoms with Crippen LogP contribution < -0.4 is 0 Å². The number of aryl methyl sites for hydroxylation is 1. The van der Waals surface area contributed by atoms with Crippen LogP contribution in [-0.2, 0) is 19.0 Å². The fourth-order valence-corrected chi connectivity index (χ4v) is 2.95. The van der Waals surface area contributed by atoms with Crippen molar-refractivity contribution in [1.29, 1.82) is 0 Å². The summed E-state index contributed by atoms with van der Waals surface area (Å²) >= 11 is 0. The van der Waals surface area contributed by atoms with Gasteiger partial charge in [-0.25, -0.2) is 4.79 Å². The molecule has 1 aliphatic rings. The maximum Gasteiger partial charge on any atom is 0.377 e. The molecule has 136 valence electrons. The average Bonchev–Trinajstić information content (AvgIpc) is 2.96. The largest absolute Gasteiger partial charge is 0.493 e. The lowest BCUT2D eigenvalue weighted by Gasteiger charge is -2.17. The van der Waals surface area contributed by atoms with E-state index in [1.165, 1.54) is 6.26 Å². The second-order valence-corrected chi connectivity index (χ2v) is 6.07. The van der Waals surface area contributed by atoms with E-state index >= 15 is 0 Å². The van der Waals surface area contributed by atoms with Crippen LogP contribution in [0.25, 0.3) is 5.69 Å². The SMILES string of the molecule is Cc1cc(C(=O)[C@H](C)OC(=O)C2=COCCO2)c(C)n1-c1ccccc1. The minimum atomic E-state index is -0.932. The number of nitrogens with zero attached hydrogens (tertiary/aromatic N) is 1. The van der Waals surface area contributed by atoms with Crippen LogP contribution in [0.1, 0.15) is 28.7 Å². The van der Waals surface area contributed by atoms with E-state index in [9.17, 15) is 9.59 Å². The van der Waals surface area contributed by atoms with Crippen LogP contribution in [0.4, 0.5) is 0 Å². The molecule has 0 aliphatic carbocycles. The van der Waals surface area contributed by atoms with Crippen molar-refractivity contribution >= 4 is 11.8 Å². The second-order valence-electron chi connectivity index (χ2n) is 6.07. The molecule has 6 nitrogen and oxygen atoms in total. The molecule has 0 fully saturated rings. The van der Waals surface area contributed by atoms with Gasteiger partial charge in [0.05, 0.1) is 0 Å². The third-order valence-corrected chi connectivity index (χ3v) is 4.21. The number of aromatic nitrogens is 1. The molecule has 6 heteroatoms. The number of hydrogen-bond acceptors (Lipinski definition) is 5. The van der Waals surface area contributed by atoms with Crippen molar-refractivity contribution < 1.29 is 23.8 Å². The van der Waals surface area contributed by atoms with E-state index in [1.807, 2.05) is 54.8 Å². The minimum Gasteiger partial charge on any atom is -0.493 e. The first-order chi connectivity index (χ1) is 12.5. The zero-order valence-electron chi connectivity index (χ0n) is 15.0. The molecule has 3 rings (SSSR count). The van der Waals surface area contributed by atoms with Crippen molar-refractivity contribution in [3.8, 4) is 5.69 Å². The van der Waals surface area contributed by atoms with Crippen LogP contribution in [0.3, 0.4) is 0 Å². The predicted molar refractivity (Wildman–Crippen MR) is 95.1 cm³/mol. The zero-order valence-corrected chi connectivity index (χ0v) is 15.0. The Morgan fingerprint density at radius 2 is 1.88 bits per heavy atom. The summed E-state index contributed by atoms with van der Waals surface area (Å²) in [5.74, 6) is -0.987. The summed E-state index contributed by atoms with van der Waals surface area (Å²) in [5, 5.41) is 0. The lowest BCUT2D eigenvalue weighted by molar-refractivity contribution is -0.147. The summed E-state index contributed by atoms with van der Waals surface area (Å²) in [6.45, 7) is 6.03. The summed E-state index contributed by atoms with van der Waals surface area (Å²) in [4.78, 5) is 24.9. The first kappa shape index (κ1) is 17.8. The molecule has 1 aromatic heterocycles. The number of ether oxygens (including phenoxy) is 3. The first-order valence-electron chi connectivity index (χ1n) is 8.43. The van der Waals surface area contributed by atoms with E-state index in [0.717, 1.165) is 17.1 Å². The van der Waals surface area contributed by atoms with Crippen LogP contribution in [0, 0.1) is 13.8 Å². The number of rotatable bonds is 5. The zero-order chi connectivity index (χ0) is 18.7. The Balaban J connectivity index is 1.79. The Kier molecular flexibility index (Phi) is 5.11. The van der Waals surface area contributed by atoms with Crippen molar-refractivity contribution in [2.45, 2.75) is 26.9 Å². The van der Waals surface area contributed by atoms with Gasteiger partial charge in [-0.05, 0) is 39.0 Å². The highest BCUT2D eigenvalue weighted by atomic mass is 16.6. The molecule has 1 atom stereocenters. The molecule has 1 aliphatic heterocycles. The van der Waals surface area contributed by atoms with Gasteiger partial charge in [0.1, 0.15) is 19.5 Å². The Labute approximate surface area is 152 Å². The van der Waals surface area contributed by atoms with Crippen molar-refractivity contribution in [3.05, 3.63) is 65.4 Å². The van der Waals surface area contributed by atoms with Gasteiger partial charge < -0.3 is 18.8 Å². The number of carbonyl (C=O) groups excluding carboxylic acids is 2. The molecular weight excluding hydrogens is 334 g/mol. The summed E-state index contributed by atoms with van der Waals surface area (Å²) < 4.78 is 17.5. The van der Waals surface area contributed by atoms with E-state index in [4.69, 9.17) is 14.2 Å². The molecular formula is C20H21NO5. The van der Waals surface area contributed by atoms with Gasteiger partial charge in [-0.2, -0.15) is 0 Å². The molecule has 0 unspecified atom stereocenters. The maximum absolute atomic E-state index is 12.8. The second kappa shape index (κ2) is 7.47. The van der Waals surface area contributed by atoms with Crippen molar-refractivity contribution in [2.75, 3.05) is 13.2 Å². The molecule has 1 aromatic carbocycles. The van der Waals surface area contributed by atoms with Gasteiger partial charge in [0.15, 0.2) is 6.10 Å². The molecule has 0 saturated carbocycles. The van der Waals surface area contributed by atoms with Crippen LogP contribution in [-0.4, -0.2) is 35.6 Å². The smallest absolute Gasteiger partial charge is 0.377 e. The van der Waals surface area contributed by atoms with Crippen LogP contribution >= 0.6 is 0 Å². The number of para-hydroxylation sites is 1. The van der Waals surface area contributed by atoms with Crippen molar-refractivity contribution in [2.24, 2.45) is 0 Å². The van der Waals surface area contributed by atoms with Crippen LogP contribution in [0.2, 0.25) is 0 Å². The van der Waals surface area contributed by atoms with Gasteiger partial charge in [0.25, 0.3) is 0 Å². The molecule has 0 amide bonds. The van der Waals surface area contributed by atoms with Crippen LogP contribution in [0.5, 0.6) is 0 Å². The van der Waals surface area contributed by atoms with Gasteiger partial charge in [0, 0.05) is 22.6 Å². The summed E-state index contributed by atoms with van der Waals surface area (Å²) in [5.41, 5.74) is 3.24.